The Morgan fingerprint density at radius 2 is 1.21 bits per heavy atom. The van der Waals surface area contributed by atoms with E-state index in [2.05, 4.69) is 21.3 Å². The quantitative estimate of drug-likeness (QED) is 0.328. The number of carbonyl (C=O) groups excluding carboxylic acids is 5. The van der Waals surface area contributed by atoms with E-state index in [1.807, 2.05) is 30.3 Å². The lowest BCUT2D eigenvalue weighted by Crippen LogP contribution is -2.59. The number of nitrogens with one attached hydrogen (secondary N) is 4. The van der Waals surface area contributed by atoms with Crippen LogP contribution in [0.2, 0.25) is 0 Å². The fourth-order valence-corrected chi connectivity index (χ4v) is 3.89. The second-order valence-corrected chi connectivity index (χ2v) is 11.1. The van der Waals surface area contributed by atoms with E-state index < -0.39 is 59.0 Å². The van der Waals surface area contributed by atoms with Crippen molar-refractivity contribution in [3.63, 3.8) is 0 Å². The van der Waals surface area contributed by atoms with Crippen LogP contribution in [0.1, 0.15) is 70.4 Å². The Morgan fingerprint density at radius 1 is 0.667 bits per heavy atom. The lowest BCUT2D eigenvalue weighted by molar-refractivity contribution is -0.141. The summed E-state index contributed by atoms with van der Waals surface area (Å²) in [5.41, 5.74) is 0.589. The maximum atomic E-state index is 13.2. The molecule has 2 rings (SSSR count). The number of benzene rings is 2. The van der Waals surface area contributed by atoms with Crippen LogP contribution in [-0.2, 0) is 19.2 Å². The number of carbonyl (C=O) groups is 5. The van der Waals surface area contributed by atoms with Crippen molar-refractivity contribution in [1.82, 2.24) is 21.3 Å². The minimum atomic E-state index is -1.09. The molecule has 0 heterocycles. The van der Waals surface area contributed by atoms with Crippen LogP contribution in [0.25, 0.3) is 0 Å². The normalized spacial score (nSPS) is 14.4. The molecular formula is C30H40N4O5. The van der Waals surface area contributed by atoms with Gasteiger partial charge in [0, 0.05) is 5.56 Å². The summed E-state index contributed by atoms with van der Waals surface area (Å²) >= 11 is 0. The summed E-state index contributed by atoms with van der Waals surface area (Å²) in [6.45, 7) is 12.1. The van der Waals surface area contributed by atoms with Crippen molar-refractivity contribution in [1.29, 1.82) is 0 Å². The SMILES string of the molecule is CC(C)[C@H](NC(=O)[C@H](C)NC(=O)[C@@H](NC(=O)c1ccccc1)C(C)(C)C)C(=O)C(=O)N[C@H](C)c1ccccc1. The van der Waals surface area contributed by atoms with Gasteiger partial charge in [0.2, 0.25) is 17.6 Å². The van der Waals surface area contributed by atoms with Gasteiger partial charge < -0.3 is 21.3 Å². The van der Waals surface area contributed by atoms with E-state index in [1.54, 1.807) is 71.9 Å². The molecule has 2 aromatic rings. The predicted molar refractivity (Wildman–Crippen MR) is 150 cm³/mol. The van der Waals surface area contributed by atoms with Gasteiger partial charge >= 0.3 is 0 Å². The standard InChI is InChI=1S/C30H40N4O5/c1-18(2)23(24(35)28(38)31-19(3)21-14-10-8-11-15-21)33-26(36)20(4)32-29(39)25(30(5,6)7)34-27(37)22-16-12-9-13-17-22/h8-20,23,25H,1-7H3,(H,31,38)(H,32,39)(H,33,36)(H,34,37)/t19-,20+,23+,25-/m1/s1. The predicted octanol–water partition coefficient (Wildman–Crippen LogP) is 2.92. The van der Waals surface area contributed by atoms with Crippen LogP contribution in [0.15, 0.2) is 60.7 Å². The Kier molecular flexibility index (Phi) is 11.0. The molecule has 0 unspecified atom stereocenters. The first kappa shape index (κ1) is 31.2. The van der Waals surface area contributed by atoms with Gasteiger partial charge in [0.15, 0.2) is 0 Å². The van der Waals surface area contributed by atoms with Gasteiger partial charge in [-0.3, -0.25) is 24.0 Å². The topological polar surface area (TPSA) is 133 Å². The highest BCUT2D eigenvalue weighted by Gasteiger charge is 2.36. The van der Waals surface area contributed by atoms with E-state index in [-0.39, 0.29) is 5.92 Å². The number of ketones is 1. The molecule has 0 bridgehead atoms. The van der Waals surface area contributed by atoms with Crippen LogP contribution in [0.5, 0.6) is 0 Å². The molecule has 2 aromatic carbocycles. The summed E-state index contributed by atoms with van der Waals surface area (Å²) in [4.78, 5) is 64.5. The van der Waals surface area contributed by atoms with Crippen LogP contribution in [-0.4, -0.2) is 47.5 Å². The van der Waals surface area contributed by atoms with E-state index in [4.69, 9.17) is 0 Å². The van der Waals surface area contributed by atoms with Gasteiger partial charge in [-0.1, -0.05) is 83.1 Å². The third-order valence-electron chi connectivity index (χ3n) is 6.31. The van der Waals surface area contributed by atoms with Crippen LogP contribution in [0, 0.1) is 11.3 Å². The fourth-order valence-electron chi connectivity index (χ4n) is 3.89. The van der Waals surface area contributed by atoms with Crippen molar-refractivity contribution in [3.05, 3.63) is 71.8 Å². The summed E-state index contributed by atoms with van der Waals surface area (Å²) in [6, 6.07) is 14.3. The van der Waals surface area contributed by atoms with Crippen LogP contribution in [0.3, 0.4) is 0 Å². The molecule has 0 aliphatic carbocycles. The first-order chi connectivity index (χ1) is 18.2. The Labute approximate surface area is 230 Å². The first-order valence-corrected chi connectivity index (χ1v) is 13.1. The summed E-state index contributed by atoms with van der Waals surface area (Å²) in [7, 11) is 0. The molecule has 4 N–H and O–H groups in total. The summed E-state index contributed by atoms with van der Waals surface area (Å²) in [5.74, 6) is -3.54. The van der Waals surface area contributed by atoms with E-state index in [1.165, 1.54) is 6.92 Å². The maximum absolute atomic E-state index is 13.2. The second-order valence-electron chi connectivity index (χ2n) is 11.1. The second kappa shape index (κ2) is 13.7. The van der Waals surface area contributed by atoms with Crippen molar-refractivity contribution in [2.45, 2.75) is 72.6 Å². The minimum absolute atomic E-state index is 0.380. The van der Waals surface area contributed by atoms with Crippen molar-refractivity contribution in [3.8, 4) is 0 Å². The van der Waals surface area contributed by atoms with E-state index in [9.17, 15) is 24.0 Å². The molecule has 210 valence electrons. The molecule has 0 radical (unpaired) electrons. The molecule has 9 nitrogen and oxygen atoms in total. The molecule has 0 saturated heterocycles. The number of rotatable bonds is 11. The molecular weight excluding hydrogens is 496 g/mol. The molecule has 0 aliphatic heterocycles. The van der Waals surface area contributed by atoms with Crippen molar-refractivity contribution in [2.75, 3.05) is 0 Å². The van der Waals surface area contributed by atoms with Crippen molar-refractivity contribution in [2.24, 2.45) is 11.3 Å². The molecule has 4 amide bonds. The molecule has 4 atom stereocenters. The third-order valence-corrected chi connectivity index (χ3v) is 6.31. The Bertz CT molecular complexity index is 1160. The van der Waals surface area contributed by atoms with E-state index in [0.29, 0.717) is 5.56 Å². The highest BCUT2D eigenvalue weighted by molar-refractivity contribution is 6.38. The number of hydrogen-bond donors (Lipinski definition) is 4. The zero-order valence-electron chi connectivity index (χ0n) is 23.7. The number of Topliss-reactive ketones (excluding diaryl/α,β-unsaturated/α-hetero) is 1. The Morgan fingerprint density at radius 3 is 1.72 bits per heavy atom. The van der Waals surface area contributed by atoms with Gasteiger partial charge in [-0.15, -0.1) is 0 Å². The number of amides is 4. The average molecular weight is 537 g/mol. The molecule has 0 saturated carbocycles. The minimum Gasteiger partial charge on any atom is -0.344 e. The monoisotopic (exact) mass is 536 g/mol. The number of hydrogen-bond acceptors (Lipinski definition) is 5. The van der Waals surface area contributed by atoms with E-state index >= 15 is 0 Å². The molecule has 9 heteroatoms. The van der Waals surface area contributed by atoms with Gasteiger partial charge in [-0.25, -0.2) is 0 Å². The first-order valence-electron chi connectivity index (χ1n) is 13.1. The largest absolute Gasteiger partial charge is 0.344 e. The summed E-state index contributed by atoms with van der Waals surface area (Å²) < 4.78 is 0. The Hall–Kier alpha value is -4.01. The fraction of sp³-hybridized carbons (Fsp3) is 0.433. The van der Waals surface area contributed by atoms with Gasteiger partial charge in [-0.2, -0.15) is 0 Å². The van der Waals surface area contributed by atoms with Gasteiger partial charge in [0.25, 0.3) is 11.8 Å². The van der Waals surface area contributed by atoms with Gasteiger partial charge in [0.1, 0.15) is 12.1 Å². The lowest BCUT2D eigenvalue weighted by atomic mass is 9.85. The molecule has 0 fully saturated rings. The van der Waals surface area contributed by atoms with Gasteiger partial charge in [0.05, 0.1) is 12.1 Å². The average Bonchev–Trinajstić information content (AvgIpc) is 2.89. The van der Waals surface area contributed by atoms with Crippen LogP contribution in [0.4, 0.5) is 0 Å². The summed E-state index contributed by atoms with van der Waals surface area (Å²) in [5, 5.41) is 10.7. The molecule has 39 heavy (non-hydrogen) atoms. The van der Waals surface area contributed by atoms with E-state index in [0.717, 1.165) is 5.56 Å². The maximum Gasteiger partial charge on any atom is 0.290 e. The zero-order valence-corrected chi connectivity index (χ0v) is 23.7. The van der Waals surface area contributed by atoms with Crippen molar-refractivity contribution >= 4 is 29.4 Å². The highest BCUT2D eigenvalue weighted by atomic mass is 16.2. The highest BCUT2D eigenvalue weighted by Crippen LogP contribution is 2.20. The summed E-state index contributed by atoms with van der Waals surface area (Å²) in [6.07, 6.45) is 0. The van der Waals surface area contributed by atoms with Crippen LogP contribution >= 0.6 is 0 Å². The lowest BCUT2D eigenvalue weighted by Gasteiger charge is -2.31. The smallest absolute Gasteiger partial charge is 0.290 e. The van der Waals surface area contributed by atoms with Gasteiger partial charge in [-0.05, 0) is 42.9 Å². The third kappa shape index (κ3) is 9.05. The Balaban J connectivity index is 2.05. The van der Waals surface area contributed by atoms with Crippen LogP contribution < -0.4 is 21.3 Å². The molecule has 0 aromatic heterocycles. The molecule has 0 aliphatic rings. The van der Waals surface area contributed by atoms with Crippen molar-refractivity contribution < 1.29 is 24.0 Å². The zero-order chi connectivity index (χ0) is 29.3. The molecule has 0 spiro atoms.